The first-order chi connectivity index (χ1) is 14.5. The van der Waals surface area contributed by atoms with Crippen LogP contribution in [0.5, 0.6) is 0 Å². The predicted octanol–water partition coefficient (Wildman–Crippen LogP) is 1.36. The van der Waals surface area contributed by atoms with E-state index in [1.54, 1.807) is 0 Å². The summed E-state index contributed by atoms with van der Waals surface area (Å²) in [5, 5.41) is 21.9. The molecule has 30 heavy (non-hydrogen) atoms. The van der Waals surface area contributed by atoms with Crippen molar-refractivity contribution in [3.05, 3.63) is 0 Å². The molecule has 4 aliphatic rings. The van der Waals surface area contributed by atoms with E-state index in [9.17, 15) is 10.2 Å². The molecule has 4 fully saturated rings. The van der Waals surface area contributed by atoms with Gasteiger partial charge in [0.05, 0.1) is 26.6 Å². The van der Waals surface area contributed by atoms with Crippen LogP contribution in [0.3, 0.4) is 0 Å². The standard InChI is InChI=1S/C23H44N4O3/c1-21(2)18-27(20-29)22(19-28,24-10-8-5-9-11-24)23(21,26-14-16-30-17-15-26)25-12-6-3-4-7-13-25/h28-29H,3-20H2,1-2H3. The normalized spacial score (nSPS) is 38.0. The molecular weight excluding hydrogens is 380 g/mol. The molecule has 0 bridgehead atoms. The van der Waals surface area contributed by atoms with E-state index in [0.717, 1.165) is 59.0 Å². The highest BCUT2D eigenvalue weighted by molar-refractivity contribution is 5.23. The number of nitrogens with zero attached hydrogens (tertiary/aromatic N) is 4. The van der Waals surface area contributed by atoms with Crippen LogP contribution in [0.2, 0.25) is 0 Å². The highest BCUT2D eigenvalue weighted by atomic mass is 16.5. The molecule has 2 unspecified atom stereocenters. The zero-order valence-electron chi connectivity index (χ0n) is 19.3. The quantitative estimate of drug-likeness (QED) is 0.691. The molecule has 0 aromatic heterocycles. The van der Waals surface area contributed by atoms with Crippen molar-refractivity contribution in [2.75, 3.05) is 72.4 Å². The summed E-state index contributed by atoms with van der Waals surface area (Å²) in [5.41, 5.74) is -1.08. The first kappa shape index (κ1) is 22.9. The Morgan fingerprint density at radius 2 is 1.20 bits per heavy atom. The molecule has 0 spiro atoms. The molecule has 0 aromatic carbocycles. The summed E-state index contributed by atoms with van der Waals surface area (Å²) >= 11 is 0. The minimum Gasteiger partial charge on any atom is -0.393 e. The van der Waals surface area contributed by atoms with E-state index in [4.69, 9.17) is 4.74 Å². The number of aliphatic hydroxyl groups excluding tert-OH is 2. The van der Waals surface area contributed by atoms with Crippen LogP contribution in [0.1, 0.15) is 58.8 Å². The minimum absolute atomic E-state index is 0.0135. The molecule has 7 heteroatoms. The number of morpholine rings is 1. The summed E-state index contributed by atoms with van der Waals surface area (Å²) in [7, 11) is 0. The first-order valence-electron chi connectivity index (χ1n) is 12.3. The summed E-state index contributed by atoms with van der Waals surface area (Å²) in [6.07, 6.45) is 8.59. The summed E-state index contributed by atoms with van der Waals surface area (Å²) in [6, 6.07) is 0. The van der Waals surface area contributed by atoms with Gasteiger partial charge in [-0.2, -0.15) is 0 Å². The fourth-order valence-electron chi connectivity index (χ4n) is 7.49. The fourth-order valence-corrected chi connectivity index (χ4v) is 7.49. The van der Waals surface area contributed by atoms with Crippen molar-refractivity contribution in [2.24, 2.45) is 5.41 Å². The summed E-state index contributed by atoms with van der Waals surface area (Å²) in [6.45, 7) is 12.9. The van der Waals surface area contributed by atoms with E-state index < -0.39 is 5.66 Å². The van der Waals surface area contributed by atoms with Gasteiger partial charge in [0, 0.05) is 51.2 Å². The third-order valence-corrected chi connectivity index (χ3v) is 8.41. The summed E-state index contributed by atoms with van der Waals surface area (Å²) in [4.78, 5) is 10.1. The lowest BCUT2D eigenvalue weighted by atomic mass is 9.71. The molecule has 0 radical (unpaired) electrons. The predicted molar refractivity (Wildman–Crippen MR) is 118 cm³/mol. The third-order valence-electron chi connectivity index (χ3n) is 8.41. The van der Waals surface area contributed by atoms with Gasteiger partial charge in [-0.05, 0) is 25.7 Å². The lowest BCUT2D eigenvalue weighted by Gasteiger charge is -2.66. The highest BCUT2D eigenvalue weighted by Crippen LogP contribution is 2.57. The van der Waals surface area contributed by atoms with Crippen molar-refractivity contribution < 1.29 is 14.9 Å². The highest BCUT2D eigenvalue weighted by Gasteiger charge is 2.74. The van der Waals surface area contributed by atoms with E-state index in [1.807, 2.05) is 0 Å². The molecule has 0 saturated carbocycles. The van der Waals surface area contributed by atoms with Crippen molar-refractivity contribution in [3.8, 4) is 0 Å². The molecule has 0 amide bonds. The van der Waals surface area contributed by atoms with E-state index in [1.165, 1.54) is 44.9 Å². The molecule has 2 N–H and O–H groups in total. The van der Waals surface area contributed by atoms with Crippen LogP contribution < -0.4 is 0 Å². The van der Waals surface area contributed by atoms with Crippen LogP contribution in [-0.4, -0.2) is 114 Å². The van der Waals surface area contributed by atoms with Crippen molar-refractivity contribution in [1.82, 2.24) is 19.6 Å². The molecule has 4 saturated heterocycles. The molecule has 174 valence electrons. The number of rotatable bonds is 5. The van der Waals surface area contributed by atoms with Crippen molar-refractivity contribution in [2.45, 2.75) is 70.1 Å². The second kappa shape index (κ2) is 9.30. The SMILES string of the molecule is CC1(C)CN(CO)C(CO)(N2CCCCC2)C1(N1CCCCCC1)N1CCOCC1. The van der Waals surface area contributed by atoms with Gasteiger partial charge in [-0.3, -0.25) is 19.6 Å². The number of hydrogen-bond acceptors (Lipinski definition) is 7. The largest absolute Gasteiger partial charge is 0.393 e. The molecule has 0 aliphatic carbocycles. The second-order valence-corrected chi connectivity index (χ2v) is 10.4. The Labute approximate surface area is 182 Å². The zero-order chi connectivity index (χ0) is 21.2. The zero-order valence-corrected chi connectivity index (χ0v) is 19.3. The number of piperidine rings is 1. The molecule has 4 aliphatic heterocycles. The topological polar surface area (TPSA) is 62.7 Å². The van der Waals surface area contributed by atoms with Gasteiger partial charge in [-0.15, -0.1) is 0 Å². The minimum atomic E-state index is -0.604. The Kier molecular flexibility index (Phi) is 7.10. The van der Waals surface area contributed by atoms with Gasteiger partial charge in [-0.1, -0.05) is 33.1 Å². The van der Waals surface area contributed by atoms with Crippen molar-refractivity contribution in [3.63, 3.8) is 0 Å². The number of hydrogen-bond donors (Lipinski definition) is 2. The van der Waals surface area contributed by atoms with Gasteiger partial charge in [0.1, 0.15) is 11.3 Å². The van der Waals surface area contributed by atoms with Crippen LogP contribution in [0.25, 0.3) is 0 Å². The van der Waals surface area contributed by atoms with Crippen molar-refractivity contribution in [1.29, 1.82) is 0 Å². The molecule has 2 atom stereocenters. The lowest BCUT2D eigenvalue weighted by Crippen LogP contribution is -2.84. The maximum Gasteiger partial charge on any atom is 0.133 e. The number of ether oxygens (including phenoxy) is 1. The Bertz CT molecular complexity index is 557. The van der Waals surface area contributed by atoms with Crippen molar-refractivity contribution >= 4 is 0 Å². The third kappa shape index (κ3) is 3.36. The monoisotopic (exact) mass is 424 g/mol. The first-order valence-corrected chi connectivity index (χ1v) is 12.3. The Balaban J connectivity index is 1.91. The van der Waals surface area contributed by atoms with E-state index >= 15 is 0 Å². The van der Waals surface area contributed by atoms with Gasteiger partial charge >= 0.3 is 0 Å². The maximum atomic E-state index is 11.3. The maximum absolute atomic E-state index is 11.3. The van der Waals surface area contributed by atoms with Gasteiger partial charge in [0.25, 0.3) is 0 Å². The van der Waals surface area contributed by atoms with Crippen LogP contribution in [0, 0.1) is 5.41 Å². The summed E-state index contributed by atoms with van der Waals surface area (Å²) < 4.78 is 5.79. The molecule has 4 rings (SSSR count). The molecule has 4 heterocycles. The lowest BCUT2D eigenvalue weighted by molar-refractivity contribution is -0.250. The second-order valence-electron chi connectivity index (χ2n) is 10.4. The molecule has 7 nitrogen and oxygen atoms in total. The van der Waals surface area contributed by atoms with Crippen LogP contribution in [0.15, 0.2) is 0 Å². The van der Waals surface area contributed by atoms with E-state index in [0.29, 0.717) is 0 Å². The summed E-state index contributed by atoms with van der Waals surface area (Å²) in [5.74, 6) is 0. The average Bonchev–Trinajstić information content (AvgIpc) is 2.94. The van der Waals surface area contributed by atoms with Crippen LogP contribution >= 0.6 is 0 Å². The Morgan fingerprint density at radius 1 is 0.700 bits per heavy atom. The van der Waals surface area contributed by atoms with Gasteiger partial charge in [-0.25, -0.2) is 0 Å². The number of likely N-dealkylation sites (tertiary alicyclic amines) is 3. The van der Waals surface area contributed by atoms with Gasteiger partial charge < -0.3 is 14.9 Å². The smallest absolute Gasteiger partial charge is 0.133 e. The fraction of sp³-hybridized carbons (Fsp3) is 1.00. The van der Waals surface area contributed by atoms with Gasteiger partial charge in [0.15, 0.2) is 0 Å². The molecule has 0 aromatic rings. The van der Waals surface area contributed by atoms with E-state index in [2.05, 4.69) is 33.4 Å². The Morgan fingerprint density at radius 3 is 1.73 bits per heavy atom. The Hall–Kier alpha value is -0.280. The van der Waals surface area contributed by atoms with Crippen LogP contribution in [-0.2, 0) is 4.74 Å². The average molecular weight is 425 g/mol. The van der Waals surface area contributed by atoms with Crippen LogP contribution in [0.4, 0.5) is 0 Å². The molecular formula is C23H44N4O3. The number of aliphatic hydroxyl groups is 2. The van der Waals surface area contributed by atoms with Gasteiger partial charge in [0.2, 0.25) is 0 Å². The van der Waals surface area contributed by atoms with E-state index in [-0.39, 0.29) is 24.4 Å².